The Bertz CT molecular complexity index is 810. The number of furan rings is 1. The summed E-state index contributed by atoms with van der Waals surface area (Å²) in [6.07, 6.45) is 5.84. The predicted octanol–water partition coefficient (Wildman–Crippen LogP) is 6.41. The van der Waals surface area contributed by atoms with Crippen molar-refractivity contribution in [2.45, 2.75) is 0 Å². The molecule has 108 valence electrons. The molecular weight excluding hydrogens is 292 g/mol. The normalized spacial score (nSPS) is 11.0. The summed E-state index contributed by atoms with van der Waals surface area (Å²) in [7, 11) is 0. The minimum atomic E-state index is 0.719. The molecule has 0 aliphatic heterocycles. The first kappa shape index (κ1) is 14.4. The lowest BCUT2D eigenvalue weighted by Gasteiger charge is -1.99. The van der Waals surface area contributed by atoms with E-state index in [1.165, 1.54) is 0 Å². The lowest BCUT2D eigenvalue weighted by Crippen LogP contribution is -1.77. The monoisotopic (exact) mass is 306 g/mol. The molecule has 0 bridgehead atoms. The van der Waals surface area contributed by atoms with Gasteiger partial charge in [-0.15, -0.1) is 0 Å². The van der Waals surface area contributed by atoms with E-state index in [4.69, 9.17) is 16.0 Å². The van der Waals surface area contributed by atoms with Gasteiger partial charge < -0.3 is 4.42 Å². The molecule has 0 N–H and O–H groups in total. The highest BCUT2D eigenvalue weighted by Gasteiger charge is 2.03. The molecule has 0 saturated heterocycles. The summed E-state index contributed by atoms with van der Waals surface area (Å²) in [4.78, 5) is 0. The SMILES string of the molecule is C=Cc1ccccc1/C=C\c1ccc(-c2ccc(Cl)cc2)o1. The summed E-state index contributed by atoms with van der Waals surface area (Å²) in [6, 6.07) is 19.6. The maximum absolute atomic E-state index is 5.90. The van der Waals surface area contributed by atoms with Gasteiger partial charge in [0.25, 0.3) is 0 Å². The molecule has 0 aliphatic rings. The molecule has 1 heterocycles. The van der Waals surface area contributed by atoms with E-state index < -0.39 is 0 Å². The zero-order valence-electron chi connectivity index (χ0n) is 12.0. The zero-order valence-corrected chi connectivity index (χ0v) is 12.8. The Labute approximate surface area is 135 Å². The first-order chi connectivity index (χ1) is 10.8. The van der Waals surface area contributed by atoms with Crippen molar-refractivity contribution in [1.82, 2.24) is 0 Å². The molecule has 22 heavy (non-hydrogen) atoms. The molecule has 2 aromatic carbocycles. The lowest BCUT2D eigenvalue weighted by molar-refractivity contribution is 0.572. The molecule has 1 nitrogen and oxygen atoms in total. The Kier molecular flexibility index (Phi) is 4.27. The summed E-state index contributed by atoms with van der Waals surface area (Å²) in [6.45, 7) is 3.83. The van der Waals surface area contributed by atoms with Crippen LogP contribution < -0.4 is 0 Å². The van der Waals surface area contributed by atoms with E-state index in [1.807, 2.05) is 72.8 Å². The Balaban J connectivity index is 1.83. The molecule has 0 saturated carbocycles. The molecule has 0 spiro atoms. The second-order valence-corrected chi connectivity index (χ2v) is 5.31. The van der Waals surface area contributed by atoms with Crippen LogP contribution in [0, 0.1) is 0 Å². The van der Waals surface area contributed by atoms with Gasteiger partial charge in [0.2, 0.25) is 0 Å². The molecule has 3 rings (SSSR count). The molecule has 0 radical (unpaired) electrons. The highest BCUT2D eigenvalue weighted by molar-refractivity contribution is 6.30. The average Bonchev–Trinajstić information content (AvgIpc) is 3.03. The molecule has 0 amide bonds. The minimum Gasteiger partial charge on any atom is -0.457 e. The second-order valence-electron chi connectivity index (χ2n) is 4.88. The van der Waals surface area contributed by atoms with E-state index in [-0.39, 0.29) is 0 Å². The van der Waals surface area contributed by atoms with Crippen molar-refractivity contribution in [1.29, 1.82) is 0 Å². The number of hydrogen-bond donors (Lipinski definition) is 0. The fraction of sp³-hybridized carbons (Fsp3) is 0. The van der Waals surface area contributed by atoms with Crippen LogP contribution in [0.4, 0.5) is 0 Å². The third-order valence-electron chi connectivity index (χ3n) is 3.40. The van der Waals surface area contributed by atoms with Crippen LogP contribution in [0.2, 0.25) is 5.02 Å². The van der Waals surface area contributed by atoms with Crippen LogP contribution in [0.3, 0.4) is 0 Å². The van der Waals surface area contributed by atoms with Crippen molar-refractivity contribution >= 4 is 29.8 Å². The standard InChI is InChI=1S/C20H15ClO/c1-2-15-5-3-4-6-16(15)9-12-19-13-14-20(22-19)17-7-10-18(21)11-8-17/h2-14H,1H2/b12-9-. The summed E-state index contributed by atoms with van der Waals surface area (Å²) in [5.74, 6) is 1.64. The highest BCUT2D eigenvalue weighted by Crippen LogP contribution is 2.25. The molecule has 0 unspecified atom stereocenters. The van der Waals surface area contributed by atoms with Crippen LogP contribution in [0.1, 0.15) is 16.9 Å². The third-order valence-corrected chi connectivity index (χ3v) is 3.65. The quantitative estimate of drug-likeness (QED) is 0.542. The van der Waals surface area contributed by atoms with E-state index in [0.717, 1.165) is 33.2 Å². The van der Waals surface area contributed by atoms with Gasteiger partial charge in [-0.1, -0.05) is 54.6 Å². The van der Waals surface area contributed by atoms with Crippen molar-refractivity contribution in [3.8, 4) is 11.3 Å². The second kappa shape index (κ2) is 6.50. The molecule has 3 aromatic rings. The van der Waals surface area contributed by atoms with Crippen LogP contribution in [0.15, 0.2) is 71.7 Å². The number of hydrogen-bond acceptors (Lipinski definition) is 1. The first-order valence-corrected chi connectivity index (χ1v) is 7.39. The van der Waals surface area contributed by atoms with E-state index >= 15 is 0 Å². The van der Waals surface area contributed by atoms with E-state index in [2.05, 4.69) is 12.6 Å². The van der Waals surface area contributed by atoms with Gasteiger partial charge in [-0.3, -0.25) is 0 Å². The third kappa shape index (κ3) is 3.21. The van der Waals surface area contributed by atoms with E-state index in [9.17, 15) is 0 Å². The number of benzene rings is 2. The molecule has 0 fully saturated rings. The van der Waals surface area contributed by atoms with Crippen LogP contribution in [-0.4, -0.2) is 0 Å². The number of halogens is 1. The van der Waals surface area contributed by atoms with Gasteiger partial charge in [-0.25, -0.2) is 0 Å². The van der Waals surface area contributed by atoms with Crippen LogP contribution in [0.25, 0.3) is 29.6 Å². The number of rotatable bonds is 4. The predicted molar refractivity (Wildman–Crippen MR) is 94.6 cm³/mol. The first-order valence-electron chi connectivity index (χ1n) is 7.01. The summed E-state index contributed by atoms with van der Waals surface area (Å²) >= 11 is 5.90. The van der Waals surface area contributed by atoms with E-state index in [1.54, 1.807) is 0 Å². The van der Waals surface area contributed by atoms with Crippen molar-refractivity contribution in [2.24, 2.45) is 0 Å². The van der Waals surface area contributed by atoms with Gasteiger partial charge in [-0.2, -0.15) is 0 Å². The van der Waals surface area contributed by atoms with Gasteiger partial charge in [0.05, 0.1) is 0 Å². The summed E-state index contributed by atoms with van der Waals surface area (Å²) < 4.78 is 5.85. The molecular formula is C20H15ClO. The minimum absolute atomic E-state index is 0.719. The smallest absolute Gasteiger partial charge is 0.134 e. The zero-order chi connectivity index (χ0) is 15.4. The van der Waals surface area contributed by atoms with Crippen LogP contribution in [-0.2, 0) is 0 Å². The Hall–Kier alpha value is -2.51. The van der Waals surface area contributed by atoms with Gasteiger partial charge in [-0.05, 0) is 53.6 Å². The van der Waals surface area contributed by atoms with Crippen molar-refractivity contribution < 1.29 is 4.42 Å². The van der Waals surface area contributed by atoms with Crippen molar-refractivity contribution in [3.63, 3.8) is 0 Å². The summed E-state index contributed by atoms with van der Waals surface area (Å²) in [5.41, 5.74) is 3.22. The lowest BCUT2D eigenvalue weighted by atomic mass is 10.1. The Morgan fingerprint density at radius 1 is 0.818 bits per heavy atom. The maximum Gasteiger partial charge on any atom is 0.134 e. The van der Waals surface area contributed by atoms with Crippen molar-refractivity contribution in [2.75, 3.05) is 0 Å². The van der Waals surface area contributed by atoms with E-state index in [0.29, 0.717) is 0 Å². The molecule has 2 heteroatoms. The van der Waals surface area contributed by atoms with Gasteiger partial charge in [0.15, 0.2) is 0 Å². The fourth-order valence-corrected chi connectivity index (χ4v) is 2.36. The van der Waals surface area contributed by atoms with Crippen molar-refractivity contribution in [3.05, 3.63) is 89.2 Å². The maximum atomic E-state index is 5.90. The van der Waals surface area contributed by atoms with Crippen LogP contribution >= 0.6 is 11.6 Å². The Morgan fingerprint density at radius 3 is 2.27 bits per heavy atom. The van der Waals surface area contributed by atoms with Gasteiger partial charge in [0, 0.05) is 10.6 Å². The van der Waals surface area contributed by atoms with Gasteiger partial charge in [0.1, 0.15) is 11.5 Å². The fourth-order valence-electron chi connectivity index (χ4n) is 2.23. The molecule has 1 aromatic heterocycles. The average molecular weight is 307 g/mol. The topological polar surface area (TPSA) is 13.1 Å². The van der Waals surface area contributed by atoms with Gasteiger partial charge >= 0.3 is 0 Å². The summed E-state index contributed by atoms with van der Waals surface area (Å²) in [5, 5.41) is 0.719. The molecule has 0 aliphatic carbocycles. The van der Waals surface area contributed by atoms with Crippen LogP contribution in [0.5, 0.6) is 0 Å². The molecule has 0 atom stereocenters. The Morgan fingerprint density at radius 2 is 1.55 bits per heavy atom. The highest BCUT2D eigenvalue weighted by atomic mass is 35.5. The largest absolute Gasteiger partial charge is 0.457 e.